The Balaban J connectivity index is 2.72. The maximum atomic E-state index is 12.4. The molecule has 0 aliphatic rings. The molecule has 0 radical (unpaired) electrons. The largest absolute Gasteiger partial charge is 0.350 e. The van der Waals surface area contributed by atoms with Crippen LogP contribution in [0.2, 0.25) is 0 Å². The Bertz CT molecular complexity index is 886. The maximum absolute atomic E-state index is 12.4. The van der Waals surface area contributed by atoms with E-state index in [1.54, 1.807) is 39.0 Å². The van der Waals surface area contributed by atoms with Gasteiger partial charge in [0.2, 0.25) is 11.8 Å². The second kappa shape index (κ2) is 11.0. The quantitative estimate of drug-likeness (QED) is 0.387. The number of hydrogen-bond donors (Lipinski definition) is 6. The highest BCUT2D eigenvalue weighted by molar-refractivity contribution is 5.97. The van der Waals surface area contributed by atoms with Crippen molar-refractivity contribution in [2.75, 3.05) is 10.6 Å². The van der Waals surface area contributed by atoms with Crippen LogP contribution in [0.4, 0.5) is 21.0 Å². The second-order valence-corrected chi connectivity index (χ2v) is 10.1. The van der Waals surface area contributed by atoms with Crippen molar-refractivity contribution >= 4 is 35.3 Å². The van der Waals surface area contributed by atoms with Crippen LogP contribution in [0.3, 0.4) is 0 Å². The molecule has 1 rings (SSSR count). The van der Waals surface area contributed by atoms with Crippen LogP contribution in [0.5, 0.6) is 0 Å². The number of urea groups is 2. The average Bonchev–Trinajstić information content (AvgIpc) is 2.61. The minimum absolute atomic E-state index is 0.300. The molecule has 0 aromatic heterocycles. The van der Waals surface area contributed by atoms with Gasteiger partial charge in [0.05, 0.1) is 0 Å². The lowest BCUT2D eigenvalue weighted by Crippen LogP contribution is -2.51. The molecular formula is C23H38N6O4. The summed E-state index contributed by atoms with van der Waals surface area (Å²) in [6, 6.07) is 2.42. The van der Waals surface area contributed by atoms with Crippen molar-refractivity contribution in [2.45, 2.75) is 85.5 Å². The summed E-state index contributed by atoms with van der Waals surface area (Å²) in [4.78, 5) is 49.0. The van der Waals surface area contributed by atoms with Crippen molar-refractivity contribution in [3.05, 3.63) is 23.8 Å². The molecule has 10 heteroatoms. The van der Waals surface area contributed by atoms with E-state index in [0.29, 0.717) is 11.4 Å². The predicted octanol–water partition coefficient (Wildman–Crippen LogP) is 2.84. The first-order valence-electron chi connectivity index (χ1n) is 10.9. The topological polar surface area (TPSA) is 140 Å². The molecule has 2 unspecified atom stereocenters. The average molecular weight is 463 g/mol. The minimum Gasteiger partial charge on any atom is -0.350 e. The van der Waals surface area contributed by atoms with E-state index >= 15 is 0 Å². The van der Waals surface area contributed by atoms with E-state index in [9.17, 15) is 19.2 Å². The Morgan fingerprint density at radius 3 is 1.58 bits per heavy atom. The third-order valence-electron chi connectivity index (χ3n) is 4.22. The van der Waals surface area contributed by atoms with E-state index in [-0.39, 0.29) is 11.8 Å². The SMILES string of the molecule is Cc1ccc(NC(=O)NC(C)C(=O)NC(C)(C)C)cc1NC(=O)NC(C)C(=O)NC(C)(C)C. The van der Waals surface area contributed by atoms with E-state index in [1.807, 2.05) is 41.5 Å². The fourth-order valence-corrected chi connectivity index (χ4v) is 2.64. The first-order chi connectivity index (χ1) is 15.0. The zero-order valence-electron chi connectivity index (χ0n) is 21.0. The van der Waals surface area contributed by atoms with Crippen molar-refractivity contribution in [3.63, 3.8) is 0 Å². The van der Waals surface area contributed by atoms with Gasteiger partial charge in [-0.2, -0.15) is 0 Å². The summed E-state index contributed by atoms with van der Waals surface area (Å²) >= 11 is 0. The van der Waals surface area contributed by atoms with Gasteiger partial charge in [-0.1, -0.05) is 6.07 Å². The summed E-state index contributed by atoms with van der Waals surface area (Å²) in [5, 5.41) is 16.1. The van der Waals surface area contributed by atoms with Crippen molar-refractivity contribution < 1.29 is 19.2 Å². The van der Waals surface area contributed by atoms with Crippen molar-refractivity contribution in [1.82, 2.24) is 21.3 Å². The van der Waals surface area contributed by atoms with E-state index in [2.05, 4.69) is 31.9 Å². The Morgan fingerprint density at radius 2 is 1.15 bits per heavy atom. The number of benzene rings is 1. The smallest absolute Gasteiger partial charge is 0.319 e. The van der Waals surface area contributed by atoms with E-state index in [0.717, 1.165) is 5.56 Å². The predicted molar refractivity (Wildman–Crippen MR) is 130 cm³/mol. The van der Waals surface area contributed by atoms with Gasteiger partial charge in [0.25, 0.3) is 0 Å². The van der Waals surface area contributed by atoms with E-state index in [4.69, 9.17) is 0 Å². The molecule has 0 aliphatic carbocycles. The van der Waals surface area contributed by atoms with Crippen LogP contribution in [0.15, 0.2) is 18.2 Å². The minimum atomic E-state index is -0.739. The molecule has 10 nitrogen and oxygen atoms in total. The van der Waals surface area contributed by atoms with Crippen molar-refractivity contribution in [3.8, 4) is 0 Å². The highest BCUT2D eigenvalue weighted by Crippen LogP contribution is 2.20. The molecule has 0 heterocycles. The van der Waals surface area contributed by atoms with Gasteiger partial charge in [-0.05, 0) is 80.0 Å². The lowest BCUT2D eigenvalue weighted by molar-refractivity contribution is -0.124. The molecule has 0 spiro atoms. The van der Waals surface area contributed by atoms with Crippen LogP contribution >= 0.6 is 0 Å². The van der Waals surface area contributed by atoms with Crippen LogP contribution in [0, 0.1) is 6.92 Å². The van der Waals surface area contributed by atoms with Gasteiger partial charge in [-0.3, -0.25) is 9.59 Å². The molecule has 6 amide bonds. The third kappa shape index (κ3) is 10.7. The lowest BCUT2D eigenvalue weighted by atomic mass is 10.1. The highest BCUT2D eigenvalue weighted by atomic mass is 16.2. The summed E-state index contributed by atoms with van der Waals surface area (Å²) in [5.41, 5.74) is 0.835. The fourth-order valence-electron chi connectivity index (χ4n) is 2.64. The Morgan fingerprint density at radius 1 is 0.727 bits per heavy atom. The van der Waals surface area contributed by atoms with Crippen molar-refractivity contribution in [1.29, 1.82) is 0 Å². The van der Waals surface area contributed by atoms with Crippen LogP contribution < -0.4 is 31.9 Å². The van der Waals surface area contributed by atoms with Gasteiger partial charge in [0, 0.05) is 22.5 Å². The number of anilines is 2. The maximum Gasteiger partial charge on any atom is 0.319 e. The molecule has 1 aromatic carbocycles. The van der Waals surface area contributed by atoms with E-state index in [1.165, 1.54) is 0 Å². The Hall–Kier alpha value is -3.30. The standard InChI is InChI=1S/C23H38N6O4/c1-13-10-11-16(26-20(32)24-14(2)18(30)28-22(4,5)6)12-17(13)27-21(33)25-15(3)19(31)29-23(7,8)9/h10-12,14-15H,1-9H3,(H,28,30)(H,29,31)(H2,24,26,32)(H2,25,27,33). The normalized spacial score (nSPS) is 13.2. The van der Waals surface area contributed by atoms with Crippen LogP contribution in [-0.2, 0) is 9.59 Å². The molecule has 6 N–H and O–H groups in total. The van der Waals surface area contributed by atoms with Crippen LogP contribution in [-0.4, -0.2) is 47.0 Å². The van der Waals surface area contributed by atoms with Crippen LogP contribution in [0.25, 0.3) is 0 Å². The molecule has 0 saturated heterocycles. The zero-order valence-corrected chi connectivity index (χ0v) is 21.0. The number of amides is 6. The molecule has 0 aliphatic heterocycles. The fraction of sp³-hybridized carbons (Fsp3) is 0.565. The van der Waals surface area contributed by atoms with Gasteiger partial charge < -0.3 is 31.9 Å². The summed E-state index contributed by atoms with van der Waals surface area (Å²) in [6.45, 7) is 16.1. The highest BCUT2D eigenvalue weighted by Gasteiger charge is 2.22. The van der Waals surface area contributed by atoms with E-state index < -0.39 is 35.2 Å². The van der Waals surface area contributed by atoms with Crippen LogP contribution in [0.1, 0.15) is 61.0 Å². The summed E-state index contributed by atoms with van der Waals surface area (Å²) < 4.78 is 0. The number of rotatable bonds is 6. The molecule has 33 heavy (non-hydrogen) atoms. The Kier molecular flexibility index (Phi) is 9.26. The zero-order chi connectivity index (χ0) is 25.6. The number of nitrogens with one attached hydrogen (secondary N) is 6. The molecule has 184 valence electrons. The summed E-state index contributed by atoms with van der Waals surface area (Å²) in [5.74, 6) is -0.601. The van der Waals surface area contributed by atoms with Gasteiger partial charge in [0.15, 0.2) is 0 Å². The summed E-state index contributed by atoms with van der Waals surface area (Å²) in [7, 11) is 0. The van der Waals surface area contributed by atoms with Gasteiger partial charge in [0.1, 0.15) is 12.1 Å². The number of carbonyl (C=O) groups excluding carboxylic acids is 4. The third-order valence-corrected chi connectivity index (χ3v) is 4.22. The monoisotopic (exact) mass is 462 g/mol. The Labute approximate surface area is 196 Å². The summed E-state index contributed by atoms with van der Waals surface area (Å²) in [6.07, 6.45) is 0. The first kappa shape index (κ1) is 27.7. The number of carbonyl (C=O) groups is 4. The van der Waals surface area contributed by atoms with Gasteiger partial charge in [-0.15, -0.1) is 0 Å². The number of aryl methyl sites for hydroxylation is 1. The van der Waals surface area contributed by atoms with Gasteiger partial charge >= 0.3 is 12.1 Å². The van der Waals surface area contributed by atoms with Crippen molar-refractivity contribution in [2.24, 2.45) is 0 Å². The molecule has 0 fully saturated rings. The van der Waals surface area contributed by atoms with Gasteiger partial charge in [-0.25, -0.2) is 9.59 Å². The molecular weight excluding hydrogens is 424 g/mol. The number of hydrogen-bond acceptors (Lipinski definition) is 4. The first-order valence-corrected chi connectivity index (χ1v) is 10.9. The molecule has 2 atom stereocenters. The lowest BCUT2D eigenvalue weighted by Gasteiger charge is -2.24. The molecule has 1 aromatic rings. The molecule has 0 saturated carbocycles. The second-order valence-electron chi connectivity index (χ2n) is 10.1. The molecule has 0 bridgehead atoms.